The Labute approximate surface area is 274 Å². The molecule has 13 nitrogen and oxygen atoms in total. The number of aliphatic hydroxyl groups is 1. The van der Waals surface area contributed by atoms with Gasteiger partial charge in [0.05, 0.1) is 7.11 Å². The van der Waals surface area contributed by atoms with Gasteiger partial charge < -0.3 is 39.4 Å². The standard InChI is InChI=1S/C34H34FN5O8/c1-14(2)24-31-40-25(30-37-22(13-46-30)32(44)45-5)27(48-31)34-18-12-17(35)7-8-20(18)38-33(34)47-23-9-6-16(10-19(23)34)11-21(28(42)39-24)36-29(43)26(41)15(3)4/h6-10,12-15,21,24,26,33,38,41H,11H2,1-5H3,(H,36,43)(H,39,42)/t21-,24-,26-,33+,34?/m0/s1. The third kappa shape index (κ3) is 4.81. The van der Waals surface area contributed by atoms with Crippen LogP contribution in [0.25, 0.3) is 11.6 Å². The number of ether oxygens (including phenoxy) is 2. The Kier molecular flexibility index (Phi) is 7.50. The van der Waals surface area contributed by atoms with E-state index in [0.29, 0.717) is 28.1 Å². The van der Waals surface area contributed by atoms with E-state index in [0.717, 1.165) is 6.26 Å². The monoisotopic (exact) mass is 659 g/mol. The van der Waals surface area contributed by atoms with Gasteiger partial charge in [-0.05, 0) is 41.7 Å². The van der Waals surface area contributed by atoms with Crippen molar-refractivity contribution in [1.82, 2.24) is 20.6 Å². The van der Waals surface area contributed by atoms with Crippen molar-refractivity contribution in [2.45, 2.75) is 63.9 Å². The fraction of sp³-hybridized carbons (Fsp3) is 0.382. The lowest BCUT2D eigenvalue weighted by atomic mass is 9.72. The highest BCUT2D eigenvalue weighted by Crippen LogP contribution is 2.59. The first kappa shape index (κ1) is 31.4. The first-order chi connectivity index (χ1) is 22.9. The van der Waals surface area contributed by atoms with Gasteiger partial charge in [-0.3, -0.25) is 9.59 Å². The third-order valence-electron chi connectivity index (χ3n) is 9.11. The Hall–Kier alpha value is -5.24. The number of rotatable bonds is 6. The van der Waals surface area contributed by atoms with Crippen LogP contribution in [0, 0.1) is 17.7 Å². The van der Waals surface area contributed by atoms with Crippen LogP contribution >= 0.6 is 0 Å². The normalized spacial score (nSPS) is 22.9. The number of anilines is 1. The number of carbonyl (C=O) groups is 3. The first-order valence-electron chi connectivity index (χ1n) is 15.6. The lowest BCUT2D eigenvalue weighted by Crippen LogP contribution is -2.52. The number of esters is 1. The van der Waals surface area contributed by atoms with E-state index in [2.05, 4.69) is 20.9 Å². The molecule has 0 saturated heterocycles. The highest BCUT2D eigenvalue weighted by atomic mass is 19.1. The van der Waals surface area contributed by atoms with Gasteiger partial charge in [0.25, 0.3) is 0 Å². The van der Waals surface area contributed by atoms with Crippen molar-refractivity contribution in [3.05, 3.63) is 82.5 Å². The largest absolute Gasteiger partial charge is 0.469 e. The van der Waals surface area contributed by atoms with E-state index < -0.39 is 53.4 Å². The second kappa shape index (κ2) is 11.5. The van der Waals surface area contributed by atoms with Gasteiger partial charge in [-0.25, -0.2) is 19.2 Å². The molecule has 3 aliphatic heterocycles. The van der Waals surface area contributed by atoms with Crippen LogP contribution < -0.4 is 20.7 Å². The molecule has 5 heterocycles. The number of aliphatic hydroxyl groups excluding tert-OH is 1. The number of fused-ring (bicyclic) bond motifs is 4. The Morgan fingerprint density at radius 2 is 1.90 bits per heavy atom. The van der Waals surface area contributed by atoms with Crippen LogP contribution in [0.15, 0.2) is 51.5 Å². The molecule has 4 bridgehead atoms. The number of carbonyl (C=O) groups excluding carboxylic acids is 3. The minimum absolute atomic E-state index is 0.0616. The van der Waals surface area contributed by atoms with E-state index in [1.165, 1.54) is 19.2 Å². The molecular weight excluding hydrogens is 625 g/mol. The van der Waals surface area contributed by atoms with E-state index in [1.807, 2.05) is 19.9 Å². The van der Waals surface area contributed by atoms with Gasteiger partial charge in [-0.1, -0.05) is 39.8 Å². The molecule has 0 aliphatic carbocycles. The molecule has 2 aromatic carbocycles. The Bertz CT molecular complexity index is 1950. The zero-order chi connectivity index (χ0) is 34.1. The zero-order valence-corrected chi connectivity index (χ0v) is 26.8. The van der Waals surface area contributed by atoms with E-state index in [1.54, 1.807) is 32.0 Å². The number of hydrogen-bond acceptors (Lipinski definition) is 11. The highest BCUT2D eigenvalue weighted by molar-refractivity contribution is 5.90. The summed E-state index contributed by atoms with van der Waals surface area (Å²) in [5.41, 5.74) is 0.980. The minimum Gasteiger partial charge on any atom is -0.469 e. The maximum absolute atomic E-state index is 15.1. The third-order valence-corrected chi connectivity index (χ3v) is 9.11. The molecule has 1 spiro atoms. The number of nitrogens with one attached hydrogen (secondary N) is 3. The summed E-state index contributed by atoms with van der Waals surface area (Å²) in [5.74, 6) is -2.42. The minimum atomic E-state index is -1.35. The molecule has 4 N–H and O–H groups in total. The van der Waals surface area contributed by atoms with Crippen molar-refractivity contribution in [3.8, 4) is 17.3 Å². The van der Waals surface area contributed by atoms with Crippen molar-refractivity contribution in [2.75, 3.05) is 12.4 Å². The number of hydrogen-bond donors (Lipinski definition) is 4. The number of nitrogens with zero attached hydrogens (tertiary/aromatic N) is 2. The second-order valence-corrected chi connectivity index (χ2v) is 12.9. The Balaban J connectivity index is 1.49. The summed E-state index contributed by atoms with van der Waals surface area (Å²) >= 11 is 0. The molecule has 0 saturated carbocycles. The van der Waals surface area contributed by atoms with Crippen LogP contribution in [0.1, 0.15) is 72.6 Å². The predicted molar refractivity (Wildman–Crippen MR) is 166 cm³/mol. The van der Waals surface area contributed by atoms with Crippen LogP contribution in [0.4, 0.5) is 10.1 Å². The van der Waals surface area contributed by atoms with Crippen LogP contribution in [-0.4, -0.2) is 58.3 Å². The van der Waals surface area contributed by atoms with Crippen molar-refractivity contribution in [1.29, 1.82) is 0 Å². The summed E-state index contributed by atoms with van der Waals surface area (Å²) in [4.78, 5) is 48.5. The molecule has 14 heteroatoms. The number of benzene rings is 2. The number of halogens is 1. The van der Waals surface area contributed by atoms with E-state index in [-0.39, 0.29) is 47.2 Å². The van der Waals surface area contributed by atoms with Crippen LogP contribution in [0.5, 0.6) is 5.75 Å². The SMILES string of the molecule is COC(=O)c1coc(-c2nc3oc2C24c5cc(F)ccc5N[C@@H]2Oc2ccc(cc24)C[C@H](NC(=O)[C@@H](O)C(C)C)C(=O)N[C@H]3C(C)C)n1. The van der Waals surface area contributed by atoms with Gasteiger partial charge in [0.2, 0.25) is 23.6 Å². The lowest BCUT2D eigenvalue weighted by molar-refractivity contribution is -0.135. The maximum Gasteiger partial charge on any atom is 0.360 e. The van der Waals surface area contributed by atoms with Crippen molar-refractivity contribution in [2.24, 2.45) is 11.8 Å². The summed E-state index contributed by atoms with van der Waals surface area (Å²) in [6, 6.07) is 7.78. The average Bonchev–Trinajstić information content (AvgIpc) is 3.83. The summed E-state index contributed by atoms with van der Waals surface area (Å²) in [6.07, 6.45) is -0.964. The molecular formula is C34H34FN5O8. The quantitative estimate of drug-likeness (QED) is 0.222. The van der Waals surface area contributed by atoms with Gasteiger partial charge in [0.1, 0.15) is 41.4 Å². The zero-order valence-electron chi connectivity index (χ0n) is 26.8. The molecule has 0 radical (unpaired) electrons. The number of aromatic nitrogens is 2. The summed E-state index contributed by atoms with van der Waals surface area (Å²) < 4.78 is 38.8. The van der Waals surface area contributed by atoms with Gasteiger partial charge in [0.15, 0.2) is 23.4 Å². The maximum atomic E-state index is 15.1. The Morgan fingerprint density at radius 3 is 2.62 bits per heavy atom. The highest BCUT2D eigenvalue weighted by Gasteiger charge is 2.61. The summed E-state index contributed by atoms with van der Waals surface area (Å²) in [5, 5.41) is 19.5. The molecule has 1 unspecified atom stereocenters. The van der Waals surface area contributed by atoms with E-state index >= 15 is 4.39 Å². The fourth-order valence-electron chi connectivity index (χ4n) is 6.60. The number of amides is 2. The first-order valence-corrected chi connectivity index (χ1v) is 15.6. The molecule has 0 fully saturated rings. The van der Waals surface area contributed by atoms with E-state index in [4.69, 9.17) is 23.3 Å². The molecule has 250 valence electrons. The molecule has 48 heavy (non-hydrogen) atoms. The van der Waals surface area contributed by atoms with Gasteiger partial charge >= 0.3 is 5.97 Å². The molecule has 5 atom stereocenters. The van der Waals surface area contributed by atoms with Crippen LogP contribution in [0.3, 0.4) is 0 Å². The lowest BCUT2D eigenvalue weighted by Gasteiger charge is -2.29. The topological polar surface area (TPSA) is 178 Å². The smallest absolute Gasteiger partial charge is 0.360 e. The molecule has 3 aliphatic rings. The molecule has 2 aromatic heterocycles. The predicted octanol–water partition coefficient (Wildman–Crippen LogP) is 3.60. The van der Waals surface area contributed by atoms with Gasteiger partial charge in [0, 0.05) is 23.2 Å². The second-order valence-electron chi connectivity index (χ2n) is 12.9. The number of oxazole rings is 2. The van der Waals surface area contributed by atoms with Gasteiger partial charge in [-0.2, -0.15) is 0 Å². The van der Waals surface area contributed by atoms with Crippen LogP contribution in [-0.2, 0) is 26.2 Å². The molecule has 4 aromatic rings. The van der Waals surface area contributed by atoms with Crippen molar-refractivity contribution in [3.63, 3.8) is 0 Å². The number of methoxy groups -OCH3 is 1. The Morgan fingerprint density at radius 1 is 1.10 bits per heavy atom. The van der Waals surface area contributed by atoms with Crippen molar-refractivity contribution >= 4 is 23.5 Å². The fourth-order valence-corrected chi connectivity index (χ4v) is 6.60. The summed E-state index contributed by atoms with van der Waals surface area (Å²) in [7, 11) is 1.22. The van der Waals surface area contributed by atoms with E-state index in [9.17, 15) is 19.5 Å². The van der Waals surface area contributed by atoms with Crippen molar-refractivity contribution < 1.29 is 42.2 Å². The molecule has 2 amide bonds. The average molecular weight is 660 g/mol. The molecule has 7 rings (SSSR count). The van der Waals surface area contributed by atoms with Crippen LogP contribution in [0.2, 0.25) is 0 Å². The summed E-state index contributed by atoms with van der Waals surface area (Å²) in [6.45, 7) is 7.12. The van der Waals surface area contributed by atoms with Gasteiger partial charge in [-0.15, -0.1) is 0 Å².